The number of hydrogen-bond donors (Lipinski definition) is 0. The summed E-state index contributed by atoms with van der Waals surface area (Å²) in [5.41, 5.74) is 7.23. The van der Waals surface area contributed by atoms with Gasteiger partial charge in [0.25, 0.3) is 0 Å². The standard InChI is InChI=1S/C45H29N5/c1-4-16-31(17-5-1)40-29-41(37-26-14-24-30-15-12-13-25-36(30)37)47-44(46-40)38-27-34-22-10-11-23-35(34)28-39(38)45-49-42(32-18-6-2-7-19-32)48-43(50-45)33-20-8-3-9-21-33/h1-29H. The molecule has 9 rings (SSSR count). The van der Waals surface area contributed by atoms with Crippen molar-refractivity contribution < 1.29 is 0 Å². The van der Waals surface area contributed by atoms with Crippen LogP contribution in [0.2, 0.25) is 0 Å². The van der Waals surface area contributed by atoms with E-state index in [9.17, 15) is 0 Å². The third-order valence-electron chi connectivity index (χ3n) is 8.93. The van der Waals surface area contributed by atoms with Crippen LogP contribution in [0.5, 0.6) is 0 Å². The van der Waals surface area contributed by atoms with Crippen LogP contribution < -0.4 is 0 Å². The molecular formula is C45H29N5. The minimum absolute atomic E-state index is 0.555. The molecule has 0 aliphatic rings. The van der Waals surface area contributed by atoms with Gasteiger partial charge in [-0.3, -0.25) is 0 Å². The molecule has 5 nitrogen and oxygen atoms in total. The van der Waals surface area contributed by atoms with Gasteiger partial charge in [-0.2, -0.15) is 0 Å². The van der Waals surface area contributed by atoms with Crippen LogP contribution in [0.25, 0.3) is 89.6 Å². The molecule has 0 N–H and O–H groups in total. The van der Waals surface area contributed by atoms with Gasteiger partial charge in [-0.15, -0.1) is 0 Å². The molecule has 0 saturated heterocycles. The van der Waals surface area contributed by atoms with Gasteiger partial charge in [0.1, 0.15) is 0 Å². The highest BCUT2D eigenvalue weighted by Gasteiger charge is 2.20. The Labute approximate surface area is 289 Å². The molecule has 0 saturated carbocycles. The number of rotatable bonds is 6. The fourth-order valence-corrected chi connectivity index (χ4v) is 6.45. The molecule has 0 radical (unpaired) electrons. The maximum absolute atomic E-state index is 5.32. The molecule has 0 spiro atoms. The Hall–Kier alpha value is -6.85. The highest BCUT2D eigenvalue weighted by atomic mass is 15.0. The predicted molar refractivity (Wildman–Crippen MR) is 203 cm³/mol. The van der Waals surface area contributed by atoms with Gasteiger partial charge in [0.05, 0.1) is 11.4 Å². The first-order valence-electron chi connectivity index (χ1n) is 16.6. The molecule has 2 aromatic heterocycles. The van der Waals surface area contributed by atoms with Crippen LogP contribution in [0.15, 0.2) is 176 Å². The second kappa shape index (κ2) is 12.6. The number of hydrogen-bond acceptors (Lipinski definition) is 5. The maximum Gasteiger partial charge on any atom is 0.164 e. The lowest BCUT2D eigenvalue weighted by Crippen LogP contribution is -2.03. The zero-order chi connectivity index (χ0) is 33.3. The first-order valence-corrected chi connectivity index (χ1v) is 16.6. The van der Waals surface area contributed by atoms with Crippen molar-refractivity contribution in [3.63, 3.8) is 0 Å². The molecule has 5 heteroatoms. The molecule has 7 aromatic carbocycles. The van der Waals surface area contributed by atoms with E-state index in [1.54, 1.807) is 0 Å². The summed E-state index contributed by atoms with van der Waals surface area (Å²) in [5.74, 6) is 2.35. The molecule has 234 valence electrons. The topological polar surface area (TPSA) is 64.5 Å². The monoisotopic (exact) mass is 639 g/mol. The van der Waals surface area contributed by atoms with E-state index in [1.165, 1.54) is 0 Å². The number of benzene rings is 7. The molecular weight excluding hydrogens is 611 g/mol. The van der Waals surface area contributed by atoms with E-state index < -0.39 is 0 Å². The normalized spacial score (nSPS) is 11.2. The third kappa shape index (κ3) is 5.57. The number of aromatic nitrogens is 5. The van der Waals surface area contributed by atoms with E-state index in [0.29, 0.717) is 23.3 Å². The van der Waals surface area contributed by atoms with Crippen LogP contribution in [-0.4, -0.2) is 24.9 Å². The average Bonchev–Trinajstić information content (AvgIpc) is 3.21. The molecule has 0 aliphatic heterocycles. The van der Waals surface area contributed by atoms with E-state index >= 15 is 0 Å². The molecule has 0 aliphatic carbocycles. The Morgan fingerprint density at radius 3 is 1.30 bits per heavy atom. The zero-order valence-corrected chi connectivity index (χ0v) is 27.0. The van der Waals surface area contributed by atoms with Crippen molar-refractivity contribution >= 4 is 21.5 Å². The van der Waals surface area contributed by atoms with Crippen LogP contribution in [0, 0.1) is 0 Å². The van der Waals surface area contributed by atoms with Gasteiger partial charge >= 0.3 is 0 Å². The van der Waals surface area contributed by atoms with Gasteiger partial charge in [0, 0.05) is 33.4 Å². The lowest BCUT2D eigenvalue weighted by Gasteiger charge is -2.15. The van der Waals surface area contributed by atoms with Crippen LogP contribution in [0.1, 0.15) is 0 Å². The number of nitrogens with zero attached hydrogens (tertiary/aromatic N) is 5. The summed E-state index contributed by atoms with van der Waals surface area (Å²) < 4.78 is 0. The van der Waals surface area contributed by atoms with Crippen molar-refractivity contribution in [2.75, 3.05) is 0 Å². The van der Waals surface area contributed by atoms with Crippen molar-refractivity contribution in [1.82, 2.24) is 24.9 Å². The van der Waals surface area contributed by atoms with E-state index in [1.807, 2.05) is 78.9 Å². The summed E-state index contributed by atoms with van der Waals surface area (Å²) >= 11 is 0. The molecule has 0 unspecified atom stereocenters. The fourth-order valence-electron chi connectivity index (χ4n) is 6.45. The van der Waals surface area contributed by atoms with Crippen LogP contribution in [-0.2, 0) is 0 Å². The van der Waals surface area contributed by atoms with Gasteiger partial charge in [-0.05, 0) is 39.7 Å². The molecule has 0 bridgehead atoms. The molecule has 0 amide bonds. The molecule has 9 aromatic rings. The lowest BCUT2D eigenvalue weighted by atomic mass is 9.98. The van der Waals surface area contributed by atoms with Gasteiger partial charge in [-0.1, -0.05) is 158 Å². The zero-order valence-electron chi connectivity index (χ0n) is 27.0. The van der Waals surface area contributed by atoms with Crippen molar-refractivity contribution in [2.45, 2.75) is 0 Å². The third-order valence-corrected chi connectivity index (χ3v) is 8.93. The van der Waals surface area contributed by atoms with Crippen LogP contribution in [0.3, 0.4) is 0 Å². The van der Waals surface area contributed by atoms with E-state index in [2.05, 4.69) is 97.1 Å². The summed E-state index contributed by atoms with van der Waals surface area (Å²) in [6, 6.07) is 59.9. The van der Waals surface area contributed by atoms with Gasteiger partial charge in [-0.25, -0.2) is 24.9 Å². The fraction of sp³-hybridized carbons (Fsp3) is 0. The second-order valence-corrected chi connectivity index (χ2v) is 12.1. The van der Waals surface area contributed by atoms with E-state index in [4.69, 9.17) is 24.9 Å². The molecule has 50 heavy (non-hydrogen) atoms. The Balaban J connectivity index is 1.33. The predicted octanol–water partition coefficient (Wildman–Crippen LogP) is 11.0. The van der Waals surface area contributed by atoms with Crippen LogP contribution in [0.4, 0.5) is 0 Å². The highest BCUT2D eigenvalue weighted by Crippen LogP contribution is 2.37. The smallest absolute Gasteiger partial charge is 0.164 e. The molecule has 0 atom stereocenters. The summed E-state index contributed by atoms with van der Waals surface area (Å²) in [6.07, 6.45) is 0. The van der Waals surface area contributed by atoms with Crippen molar-refractivity contribution in [1.29, 1.82) is 0 Å². The SMILES string of the molecule is c1ccc(-c2cc(-c3cccc4ccccc34)nc(-c3cc4ccccc4cc3-c3nc(-c4ccccc4)nc(-c4ccccc4)n3)n2)cc1. The quantitative estimate of drug-likeness (QED) is 0.181. The summed E-state index contributed by atoms with van der Waals surface area (Å²) in [5, 5.41) is 4.44. The van der Waals surface area contributed by atoms with Gasteiger partial charge in [0.15, 0.2) is 23.3 Å². The number of fused-ring (bicyclic) bond motifs is 2. The van der Waals surface area contributed by atoms with Crippen LogP contribution >= 0.6 is 0 Å². The summed E-state index contributed by atoms with van der Waals surface area (Å²) in [4.78, 5) is 25.8. The molecule has 0 fully saturated rings. The van der Waals surface area contributed by atoms with E-state index in [0.717, 1.165) is 66.3 Å². The lowest BCUT2D eigenvalue weighted by molar-refractivity contribution is 1.07. The minimum Gasteiger partial charge on any atom is -0.228 e. The summed E-state index contributed by atoms with van der Waals surface area (Å²) in [7, 11) is 0. The first-order chi connectivity index (χ1) is 24.8. The average molecular weight is 640 g/mol. The Bertz CT molecular complexity index is 2580. The maximum atomic E-state index is 5.32. The summed E-state index contributed by atoms with van der Waals surface area (Å²) in [6.45, 7) is 0. The Kier molecular flexibility index (Phi) is 7.41. The highest BCUT2D eigenvalue weighted by molar-refractivity contribution is 5.98. The first kappa shape index (κ1) is 29.3. The molecule has 2 heterocycles. The largest absolute Gasteiger partial charge is 0.228 e. The second-order valence-electron chi connectivity index (χ2n) is 12.1. The Morgan fingerprint density at radius 2 is 0.700 bits per heavy atom. The van der Waals surface area contributed by atoms with Crippen molar-refractivity contribution in [3.05, 3.63) is 176 Å². The Morgan fingerprint density at radius 1 is 0.260 bits per heavy atom. The van der Waals surface area contributed by atoms with Crippen molar-refractivity contribution in [3.8, 4) is 68.1 Å². The van der Waals surface area contributed by atoms with E-state index in [-0.39, 0.29) is 0 Å². The van der Waals surface area contributed by atoms with Crippen molar-refractivity contribution in [2.24, 2.45) is 0 Å². The minimum atomic E-state index is 0.555. The van der Waals surface area contributed by atoms with Gasteiger partial charge in [0.2, 0.25) is 0 Å². The van der Waals surface area contributed by atoms with Gasteiger partial charge < -0.3 is 0 Å².